The highest BCUT2D eigenvalue weighted by atomic mass is 16.6. The molecule has 0 aromatic heterocycles. The third-order valence-corrected chi connectivity index (χ3v) is 7.24. The monoisotopic (exact) mass is 527 g/mol. The lowest BCUT2D eigenvalue weighted by molar-refractivity contribution is -0.132. The molecule has 5 rings (SSSR count). The van der Waals surface area contributed by atoms with Gasteiger partial charge in [0.25, 0.3) is 11.7 Å². The van der Waals surface area contributed by atoms with Crippen LogP contribution in [0.15, 0.2) is 72.3 Å². The summed E-state index contributed by atoms with van der Waals surface area (Å²) in [5.41, 5.74) is 3.71. The fourth-order valence-corrected chi connectivity index (χ4v) is 5.13. The van der Waals surface area contributed by atoms with E-state index in [1.807, 2.05) is 67.5 Å². The van der Waals surface area contributed by atoms with Crippen LogP contribution in [0.1, 0.15) is 31.0 Å². The standard InChI is InChI=1S/C31H33N3O5/c1-5-33(6-2)23-12-14-24(15-13-23)34-28(20-7-10-22(11-8-20)32(3)4)27(30(36)31(34)37)29(35)21-9-16-25-26(19-21)39-18-17-38-25/h7-16,19,28,35H,5-6,17-18H2,1-4H3/b29-27-. The van der Waals surface area contributed by atoms with Crippen LogP contribution in [0.2, 0.25) is 0 Å². The number of amides is 1. The number of anilines is 3. The number of carbonyl (C=O) groups excluding carboxylic acids is 2. The van der Waals surface area contributed by atoms with Crippen LogP contribution in [-0.2, 0) is 9.59 Å². The van der Waals surface area contributed by atoms with Crippen LogP contribution in [0.3, 0.4) is 0 Å². The molecule has 1 N–H and O–H groups in total. The van der Waals surface area contributed by atoms with E-state index in [0.29, 0.717) is 41.5 Å². The van der Waals surface area contributed by atoms with Gasteiger partial charge in [0.05, 0.1) is 11.6 Å². The molecule has 1 saturated heterocycles. The minimum Gasteiger partial charge on any atom is -0.507 e. The molecule has 2 heterocycles. The maximum Gasteiger partial charge on any atom is 0.300 e. The summed E-state index contributed by atoms with van der Waals surface area (Å²) in [6.07, 6.45) is 0. The Balaban J connectivity index is 1.63. The molecule has 2 aliphatic heterocycles. The third kappa shape index (κ3) is 4.78. The molecule has 39 heavy (non-hydrogen) atoms. The Morgan fingerprint density at radius 1 is 0.872 bits per heavy atom. The minimum absolute atomic E-state index is 0.0297. The zero-order chi connectivity index (χ0) is 27.7. The molecule has 1 amide bonds. The van der Waals surface area contributed by atoms with Gasteiger partial charge in [-0.2, -0.15) is 0 Å². The van der Waals surface area contributed by atoms with Gasteiger partial charge in [-0.3, -0.25) is 14.5 Å². The number of carbonyl (C=O) groups is 2. The average molecular weight is 528 g/mol. The maximum atomic E-state index is 13.5. The Kier molecular flexibility index (Phi) is 7.19. The normalized spacial score (nSPS) is 17.8. The fraction of sp³-hybridized carbons (Fsp3) is 0.290. The second kappa shape index (κ2) is 10.7. The van der Waals surface area contributed by atoms with Crippen LogP contribution in [0.25, 0.3) is 5.76 Å². The summed E-state index contributed by atoms with van der Waals surface area (Å²) in [5.74, 6) is -0.627. The fourth-order valence-electron chi connectivity index (χ4n) is 5.13. The summed E-state index contributed by atoms with van der Waals surface area (Å²) < 4.78 is 11.3. The molecule has 2 aliphatic rings. The van der Waals surface area contributed by atoms with E-state index in [1.165, 1.54) is 4.90 Å². The first kappa shape index (κ1) is 26.2. The molecule has 0 radical (unpaired) electrons. The number of aliphatic hydroxyl groups excluding tert-OH is 1. The van der Waals surface area contributed by atoms with E-state index < -0.39 is 17.7 Å². The zero-order valence-corrected chi connectivity index (χ0v) is 22.7. The molecule has 1 fully saturated rings. The topological polar surface area (TPSA) is 82.6 Å². The zero-order valence-electron chi connectivity index (χ0n) is 22.7. The Labute approximate surface area is 228 Å². The average Bonchev–Trinajstić information content (AvgIpc) is 3.23. The number of nitrogens with zero attached hydrogens (tertiary/aromatic N) is 3. The third-order valence-electron chi connectivity index (χ3n) is 7.24. The van der Waals surface area contributed by atoms with Crippen LogP contribution in [0, 0.1) is 0 Å². The van der Waals surface area contributed by atoms with E-state index in [1.54, 1.807) is 18.2 Å². The van der Waals surface area contributed by atoms with E-state index in [-0.39, 0.29) is 11.3 Å². The van der Waals surface area contributed by atoms with Crippen molar-refractivity contribution in [1.82, 2.24) is 0 Å². The van der Waals surface area contributed by atoms with Gasteiger partial charge in [0.15, 0.2) is 11.5 Å². The summed E-state index contributed by atoms with van der Waals surface area (Å²) >= 11 is 0. The van der Waals surface area contributed by atoms with Gasteiger partial charge in [0.1, 0.15) is 19.0 Å². The molecule has 3 aromatic rings. The van der Waals surface area contributed by atoms with Gasteiger partial charge in [0, 0.05) is 49.8 Å². The molecule has 1 atom stereocenters. The molecule has 202 valence electrons. The van der Waals surface area contributed by atoms with Crippen molar-refractivity contribution >= 4 is 34.5 Å². The van der Waals surface area contributed by atoms with Gasteiger partial charge in [-0.15, -0.1) is 0 Å². The van der Waals surface area contributed by atoms with Crippen LogP contribution in [-0.4, -0.2) is 57.2 Å². The van der Waals surface area contributed by atoms with E-state index in [4.69, 9.17) is 9.47 Å². The molecule has 0 bridgehead atoms. The highest BCUT2D eigenvalue weighted by Crippen LogP contribution is 2.43. The molecule has 8 heteroatoms. The first-order valence-electron chi connectivity index (χ1n) is 13.2. The SMILES string of the molecule is CCN(CC)c1ccc(N2C(=O)C(=O)/C(=C(\O)c3ccc4c(c3)OCCO4)C2c2ccc(N(C)C)cc2)cc1. The number of ether oxygens (including phenoxy) is 2. The molecular formula is C31H33N3O5. The maximum absolute atomic E-state index is 13.5. The van der Waals surface area contributed by atoms with E-state index in [9.17, 15) is 14.7 Å². The molecule has 0 spiro atoms. The number of benzene rings is 3. The summed E-state index contributed by atoms with van der Waals surface area (Å²) in [5, 5.41) is 11.5. The van der Waals surface area contributed by atoms with E-state index in [2.05, 4.69) is 18.7 Å². The lowest BCUT2D eigenvalue weighted by Gasteiger charge is -2.27. The molecule has 3 aromatic carbocycles. The van der Waals surface area contributed by atoms with Gasteiger partial charge in [-0.05, 0) is 74.0 Å². The predicted octanol–water partition coefficient (Wildman–Crippen LogP) is 5.00. The van der Waals surface area contributed by atoms with Crippen LogP contribution in [0.4, 0.5) is 17.1 Å². The Morgan fingerprint density at radius 3 is 2.10 bits per heavy atom. The first-order valence-corrected chi connectivity index (χ1v) is 13.2. The van der Waals surface area contributed by atoms with Gasteiger partial charge in [0.2, 0.25) is 0 Å². The number of Topliss-reactive ketones (excluding diaryl/α,β-unsaturated/α-hetero) is 1. The quantitative estimate of drug-likeness (QED) is 0.263. The second-order valence-electron chi connectivity index (χ2n) is 9.70. The number of fused-ring (bicyclic) bond motifs is 1. The predicted molar refractivity (Wildman–Crippen MR) is 153 cm³/mol. The van der Waals surface area contributed by atoms with Crippen molar-refractivity contribution in [3.05, 3.63) is 83.4 Å². The summed E-state index contributed by atoms with van der Waals surface area (Å²) in [6.45, 7) is 6.72. The molecule has 0 saturated carbocycles. The van der Waals surface area contributed by atoms with E-state index >= 15 is 0 Å². The van der Waals surface area contributed by atoms with Crippen molar-refractivity contribution in [1.29, 1.82) is 0 Å². The number of hydrogen-bond acceptors (Lipinski definition) is 7. The summed E-state index contributed by atoms with van der Waals surface area (Å²) in [4.78, 5) is 32.7. The Morgan fingerprint density at radius 2 is 1.49 bits per heavy atom. The van der Waals surface area contributed by atoms with Gasteiger partial charge in [-0.25, -0.2) is 0 Å². The smallest absolute Gasteiger partial charge is 0.300 e. The van der Waals surface area contributed by atoms with Crippen molar-refractivity contribution in [3.63, 3.8) is 0 Å². The highest BCUT2D eigenvalue weighted by Gasteiger charge is 2.47. The molecule has 8 nitrogen and oxygen atoms in total. The number of hydrogen-bond donors (Lipinski definition) is 1. The highest BCUT2D eigenvalue weighted by molar-refractivity contribution is 6.51. The van der Waals surface area contributed by atoms with Gasteiger partial charge in [-0.1, -0.05) is 12.1 Å². The van der Waals surface area contributed by atoms with Crippen LogP contribution >= 0.6 is 0 Å². The largest absolute Gasteiger partial charge is 0.507 e. The van der Waals surface area contributed by atoms with Gasteiger partial charge >= 0.3 is 0 Å². The molecule has 0 aliphatic carbocycles. The minimum atomic E-state index is -0.811. The van der Waals surface area contributed by atoms with Crippen LogP contribution in [0.5, 0.6) is 11.5 Å². The lowest BCUT2D eigenvalue weighted by Crippen LogP contribution is -2.29. The first-order chi connectivity index (χ1) is 18.8. The van der Waals surface area contributed by atoms with Crippen molar-refractivity contribution < 1.29 is 24.2 Å². The number of aliphatic hydroxyl groups is 1. The van der Waals surface area contributed by atoms with Crippen molar-refractivity contribution in [2.45, 2.75) is 19.9 Å². The molecular weight excluding hydrogens is 494 g/mol. The Hall–Kier alpha value is -4.46. The second-order valence-corrected chi connectivity index (χ2v) is 9.70. The van der Waals surface area contributed by atoms with Crippen molar-refractivity contribution in [2.24, 2.45) is 0 Å². The van der Waals surface area contributed by atoms with Crippen LogP contribution < -0.4 is 24.2 Å². The number of rotatable bonds is 7. The summed E-state index contributed by atoms with van der Waals surface area (Å²) in [7, 11) is 3.89. The van der Waals surface area contributed by atoms with Crippen molar-refractivity contribution in [2.75, 3.05) is 55.1 Å². The van der Waals surface area contributed by atoms with Gasteiger partial charge < -0.3 is 24.4 Å². The Bertz CT molecular complexity index is 1410. The van der Waals surface area contributed by atoms with Crippen molar-refractivity contribution in [3.8, 4) is 11.5 Å². The van der Waals surface area contributed by atoms with E-state index in [0.717, 1.165) is 24.5 Å². The number of ketones is 1. The lowest BCUT2D eigenvalue weighted by atomic mass is 9.94. The summed E-state index contributed by atoms with van der Waals surface area (Å²) in [6, 6.07) is 19.5. The molecule has 1 unspecified atom stereocenters.